The molecule has 2 aliphatic carbocycles. The molecule has 2 aromatic heterocycles. The van der Waals surface area contributed by atoms with Crippen LogP contribution in [0.1, 0.15) is 105 Å². The number of benzene rings is 5. The van der Waals surface area contributed by atoms with Crippen molar-refractivity contribution in [3.63, 3.8) is 0 Å². The van der Waals surface area contributed by atoms with E-state index in [1.807, 2.05) is 20.8 Å². The molecule has 5 aromatic carbocycles. The van der Waals surface area contributed by atoms with E-state index in [-0.39, 0.29) is 230 Å². The number of fused-ring (bicyclic) bond motifs is 2. The van der Waals surface area contributed by atoms with Crippen LogP contribution >= 0.6 is 46.4 Å². The van der Waals surface area contributed by atoms with Crippen molar-refractivity contribution >= 4 is 122 Å². The summed E-state index contributed by atoms with van der Waals surface area (Å²) in [5, 5.41) is 34.8. The number of ketones is 1. The van der Waals surface area contributed by atoms with Gasteiger partial charge in [-0.2, -0.15) is 10.2 Å². The minimum absolute atomic E-state index is 0. The quantitative estimate of drug-likeness (QED) is 0.0176. The van der Waals surface area contributed by atoms with E-state index in [0.29, 0.717) is 58.5 Å². The van der Waals surface area contributed by atoms with Crippen molar-refractivity contribution in [2.24, 2.45) is 17.2 Å². The molecule has 2 saturated carbocycles. The molecular formula is C65H75Cl4F3K2N12O13. The van der Waals surface area contributed by atoms with Gasteiger partial charge in [-0.15, -0.1) is 11.6 Å². The molecule has 1 aliphatic heterocycles. The summed E-state index contributed by atoms with van der Waals surface area (Å²) in [6, 6.07) is 28.4. The van der Waals surface area contributed by atoms with Crippen molar-refractivity contribution in [1.29, 1.82) is 0 Å². The first-order valence-corrected chi connectivity index (χ1v) is 31.8. The number of alkyl halides is 1. The number of para-hydroxylation sites is 2. The smallest absolute Gasteiger partial charge is 1.00 e. The van der Waals surface area contributed by atoms with E-state index >= 15 is 0 Å². The van der Waals surface area contributed by atoms with Crippen LogP contribution < -0.4 is 141 Å². The average Bonchev–Trinajstić information content (AvgIpc) is 1.64. The second kappa shape index (κ2) is 44.0. The van der Waals surface area contributed by atoms with Gasteiger partial charge in [0.25, 0.3) is 18.3 Å². The third-order valence-corrected chi connectivity index (χ3v) is 15.8. The number of ether oxygens (including phenoxy) is 1. The summed E-state index contributed by atoms with van der Waals surface area (Å²) in [6.07, 6.45) is 6.70. The van der Waals surface area contributed by atoms with Crippen molar-refractivity contribution in [2.45, 2.75) is 122 Å². The summed E-state index contributed by atoms with van der Waals surface area (Å²) in [4.78, 5) is 108. The van der Waals surface area contributed by atoms with E-state index in [0.717, 1.165) is 19.3 Å². The van der Waals surface area contributed by atoms with E-state index < -0.39 is 46.7 Å². The van der Waals surface area contributed by atoms with Gasteiger partial charge in [0.2, 0.25) is 17.7 Å². The van der Waals surface area contributed by atoms with Gasteiger partial charge < -0.3 is 64.4 Å². The van der Waals surface area contributed by atoms with Crippen molar-refractivity contribution in [2.75, 3.05) is 32.1 Å². The molecule has 1 saturated heterocycles. The summed E-state index contributed by atoms with van der Waals surface area (Å²) in [6.45, 7) is 5.77. The van der Waals surface area contributed by atoms with Crippen LogP contribution in [-0.2, 0) is 71.0 Å². The monoisotopic (exact) mass is 1510 g/mol. The third-order valence-electron chi connectivity index (χ3n) is 14.6. The number of nitrogens with one attached hydrogen (secondary N) is 3. The van der Waals surface area contributed by atoms with Crippen LogP contribution in [0.4, 0.5) is 18.0 Å². The van der Waals surface area contributed by atoms with Gasteiger partial charge in [0.05, 0.1) is 45.1 Å². The summed E-state index contributed by atoms with van der Waals surface area (Å²) in [7, 11) is 0. The Kier molecular flexibility index (Phi) is 38.9. The number of carbonyl (C=O) groups is 9. The zero-order chi connectivity index (χ0) is 71.5. The molecule has 34 heteroatoms. The Balaban J connectivity index is 0.000000449. The van der Waals surface area contributed by atoms with Crippen molar-refractivity contribution < 1.29 is 181 Å². The summed E-state index contributed by atoms with van der Waals surface area (Å²) >= 11 is 22.4. The topological polar surface area (TPSA) is 372 Å². The first-order valence-electron chi connectivity index (χ1n) is 30.2. The number of nitrogens with two attached hydrogens (primary N) is 3. The molecular weight excluding hydrogens is 1430 g/mol. The Hall–Kier alpha value is -5.63. The van der Waals surface area contributed by atoms with Crippen LogP contribution in [0.5, 0.6) is 0 Å². The molecule has 6 amide bonds. The van der Waals surface area contributed by atoms with E-state index in [2.05, 4.69) is 31.0 Å². The number of primary amides is 2. The van der Waals surface area contributed by atoms with Gasteiger partial charge in [0, 0.05) is 72.6 Å². The first-order chi connectivity index (χ1) is 46.0. The fraction of sp³-hybridized carbons (Fsp3) is 0.369. The second-order valence-electron chi connectivity index (χ2n) is 23.0. The number of hydrogen-bond donors (Lipinski definition) is 7. The van der Waals surface area contributed by atoms with Crippen molar-refractivity contribution in [1.82, 2.24) is 45.3 Å². The van der Waals surface area contributed by atoms with Gasteiger partial charge in [-0.25, -0.2) is 18.0 Å². The molecule has 99 heavy (non-hydrogen) atoms. The maximum Gasteiger partial charge on any atom is 1.00 e. The number of carbonyl (C=O) groups excluding carboxylic acids is 8. The first kappa shape index (κ1) is 87.6. The number of carboxylic acids is 1. The molecule has 0 bridgehead atoms. The maximum absolute atomic E-state index is 14.1. The molecule has 524 valence electrons. The van der Waals surface area contributed by atoms with Crippen molar-refractivity contribution in [3.8, 4) is 0 Å². The Morgan fingerprint density at radius 1 is 0.697 bits per heavy atom. The maximum atomic E-state index is 14.1. The number of halogens is 7. The average molecular weight is 1510 g/mol. The predicted molar refractivity (Wildman–Crippen MR) is 355 cm³/mol. The van der Waals surface area contributed by atoms with Gasteiger partial charge in [-0.05, 0) is 95.2 Å². The van der Waals surface area contributed by atoms with Gasteiger partial charge in [-0.1, -0.05) is 114 Å². The van der Waals surface area contributed by atoms with Gasteiger partial charge in [-0.3, -0.25) is 47.7 Å². The van der Waals surface area contributed by atoms with E-state index in [9.17, 15) is 51.5 Å². The molecule has 25 nitrogen and oxygen atoms in total. The van der Waals surface area contributed by atoms with Gasteiger partial charge in [0.15, 0.2) is 11.4 Å². The van der Waals surface area contributed by atoms with Crippen LogP contribution in [0.25, 0.3) is 21.8 Å². The molecule has 3 heterocycles. The summed E-state index contributed by atoms with van der Waals surface area (Å²) in [5.41, 5.74) is 17.9. The normalized spacial score (nSPS) is 12.9. The van der Waals surface area contributed by atoms with E-state index in [1.54, 1.807) is 83.8 Å². The molecule has 0 unspecified atom stereocenters. The van der Waals surface area contributed by atoms with Gasteiger partial charge >= 0.3 is 115 Å². The molecule has 0 spiro atoms. The number of likely N-dealkylation sites (tertiary alicyclic amines) is 1. The van der Waals surface area contributed by atoms with E-state index in [1.165, 1.54) is 57.8 Å². The summed E-state index contributed by atoms with van der Waals surface area (Å²) < 4.78 is 49.0. The zero-order valence-corrected chi connectivity index (χ0v) is 64.3. The van der Waals surface area contributed by atoms with Gasteiger partial charge in [0.1, 0.15) is 41.9 Å². The number of Topliss-reactive ketones (excluding diaryl/α,β-unsaturated/α-hetero) is 1. The zero-order valence-electron chi connectivity index (χ0n) is 56.1. The van der Waals surface area contributed by atoms with E-state index in [4.69, 9.17) is 83.5 Å². The fourth-order valence-corrected chi connectivity index (χ4v) is 9.92. The SMILES string of the molecule is CC(C)(C)OC(=O)N1CC(NCC(=O)NCc2cccc(Cl)c2F)C1.NC(=O)c1nn(CC(=O)N(CC(=O)NCc2cccc(Cl)c2F)C2CCC2)c2ccccc12.NC(=O)c1nn(CC(=O)O)c2ccccc12.NC1CCC1.O=C(CCl)CCc1cccc(Cl)c1F.O=CO[O-].[H-].[K+].[K+]. The minimum atomic E-state index is -1.02. The molecule has 0 atom stereocenters. The minimum Gasteiger partial charge on any atom is -1.00 e. The number of carboxylic acid groups (broad SMARTS) is 1. The third kappa shape index (κ3) is 28.6. The number of aryl methyl sites for hydroxylation is 1. The fourth-order valence-electron chi connectivity index (χ4n) is 9.20. The number of rotatable bonds is 21. The second-order valence-corrected chi connectivity index (χ2v) is 24.5. The molecule has 0 radical (unpaired) electrons. The van der Waals surface area contributed by atoms with Crippen LogP contribution in [0.2, 0.25) is 15.1 Å². The van der Waals surface area contributed by atoms with Crippen LogP contribution in [0, 0.1) is 17.5 Å². The molecule has 10 rings (SSSR count). The van der Waals surface area contributed by atoms with Crippen LogP contribution in [0.15, 0.2) is 103 Å². The number of aromatic nitrogens is 4. The van der Waals surface area contributed by atoms with Crippen molar-refractivity contribution in [3.05, 3.63) is 164 Å². The Morgan fingerprint density at radius 3 is 1.54 bits per heavy atom. The number of amides is 6. The Bertz CT molecular complexity index is 3900. The van der Waals surface area contributed by atoms with Crippen LogP contribution in [0.3, 0.4) is 0 Å². The molecule has 10 N–H and O–H groups in total. The van der Waals surface area contributed by atoms with Crippen LogP contribution in [-0.4, -0.2) is 144 Å². The molecule has 7 aromatic rings. The Morgan fingerprint density at radius 2 is 1.13 bits per heavy atom. The number of hydrogen-bond acceptors (Lipinski definition) is 16. The Labute approximate surface area is 675 Å². The standard InChI is InChI=1S/C23H23ClFN5O3.C17H23ClFN3O3.C10H9Cl2FO.C10H9N3O3.C4H9N.CH2O3.2K.H/c24-17-9-3-5-14(21(17)25)11-27-19(31)12-29(15-6-4-7-15)20(32)13-30-18-10-2-1-8-16(18)22(28-30)23(26)33;1-17(2,3)25-16(24)22-9-12(10-22)20-8-14(23)21-7-11-5-4-6-13(18)15(11)19;11-6-8(14)5-4-7-2-1-3-9(12)10(7)13;11-10(16)9-6-3-1-2-4-7(6)13(12-9)5-8(14)15;5-4-2-1-3-4;2-1-4-3;;;/h1-3,5,8-10,15H,4,6-7,11-13H2,(H2,26,33)(H,27,31);4-6,12,20H,7-10H2,1-3H3,(H,21,23);1-3H,4-6H2;1-4H,5H2,(H2,11,16)(H,14,15);4H,1-3,5H2;1,3H;;;/q;;;;;;2*+1;-1/p-1. The number of aliphatic carboxylic acids is 1. The summed E-state index contributed by atoms with van der Waals surface area (Å²) in [5.74, 6) is -5.00. The molecule has 3 aliphatic rings. The number of nitrogens with zero attached hydrogens (tertiary/aromatic N) is 6. The molecule has 3 fully saturated rings. The predicted octanol–water partition coefficient (Wildman–Crippen LogP) is 1.42. The largest absolute Gasteiger partial charge is 1.00 e.